The Kier molecular flexibility index (Phi) is 5.48. The lowest BCUT2D eigenvalue weighted by molar-refractivity contribution is 0.0899. The van der Waals surface area contributed by atoms with Crippen molar-refractivity contribution in [1.82, 2.24) is 20.0 Å². The van der Waals surface area contributed by atoms with Crippen LogP contribution in [-0.4, -0.2) is 52.9 Å². The first-order valence-electron chi connectivity index (χ1n) is 8.41. The molecular weight excluding hydrogens is 304 g/mol. The topological polar surface area (TPSA) is 59.4 Å². The van der Waals surface area contributed by atoms with Gasteiger partial charge in [0.05, 0.1) is 0 Å². The summed E-state index contributed by atoms with van der Waals surface area (Å²) in [4.78, 5) is 14.5. The van der Waals surface area contributed by atoms with E-state index >= 15 is 0 Å². The molecule has 0 saturated carbocycles. The molecule has 1 N–H and O–H groups in total. The summed E-state index contributed by atoms with van der Waals surface area (Å²) in [6, 6.07) is 11.8. The Bertz CT molecular complexity index is 648. The molecule has 0 atom stereocenters. The molecule has 1 aliphatic heterocycles. The standard InChI is InChI=1S/C18H24N4O2/c1-21-10-9-17(20-21)18(23)19-15-7-11-22(12-8-15)13-14-24-16-5-3-2-4-6-16/h2-6,9-10,15H,7-8,11-14H2,1H3,(H,19,23). The van der Waals surface area contributed by atoms with Crippen LogP contribution in [0, 0.1) is 0 Å². The third kappa shape index (κ3) is 4.58. The van der Waals surface area contributed by atoms with Crippen molar-refractivity contribution >= 4 is 5.91 Å². The van der Waals surface area contributed by atoms with Crippen molar-refractivity contribution in [2.24, 2.45) is 7.05 Å². The van der Waals surface area contributed by atoms with Crippen LogP contribution >= 0.6 is 0 Å². The summed E-state index contributed by atoms with van der Waals surface area (Å²) in [5.41, 5.74) is 0.483. The highest BCUT2D eigenvalue weighted by atomic mass is 16.5. The molecule has 1 saturated heterocycles. The fourth-order valence-electron chi connectivity index (χ4n) is 2.91. The first-order chi connectivity index (χ1) is 11.7. The molecule has 0 spiro atoms. The molecule has 2 heterocycles. The molecular formula is C18H24N4O2. The van der Waals surface area contributed by atoms with Crippen molar-refractivity contribution in [2.45, 2.75) is 18.9 Å². The highest BCUT2D eigenvalue weighted by Gasteiger charge is 2.21. The molecule has 0 radical (unpaired) electrons. The number of nitrogens with one attached hydrogen (secondary N) is 1. The van der Waals surface area contributed by atoms with E-state index in [4.69, 9.17) is 4.74 Å². The monoisotopic (exact) mass is 328 g/mol. The lowest BCUT2D eigenvalue weighted by Gasteiger charge is -2.32. The molecule has 0 aliphatic carbocycles. The van der Waals surface area contributed by atoms with E-state index in [1.54, 1.807) is 16.9 Å². The minimum atomic E-state index is -0.0820. The lowest BCUT2D eigenvalue weighted by Crippen LogP contribution is -2.45. The number of benzene rings is 1. The summed E-state index contributed by atoms with van der Waals surface area (Å²) < 4.78 is 7.38. The first-order valence-corrected chi connectivity index (χ1v) is 8.41. The van der Waals surface area contributed by atoms with Crippen LogP contribution in [0.25, 0.3) is 0 Å². The minimum Gasteiger partial charge on any atom is -0.492 e. The average molecular weight is 328 g/mol. The van der Waals surface area contributed by atoms with Gasteiger partial charge in [0.2, 0.25) is 0 Å². The number of aryl methyl sites for hydroxylation is 1. The maximum absolute atomic E-state index is 12.1. The van der Waals surface area contributed by atoms with E-state index in [0.717, 1.165) is 38.2 Å². The van der Waals surface area contributed by atoms with E-state index in [0.29, 0.717) is 12.3 Å². The molecule has 3 rings (SSSR count). The van der Waals surface area contributed by atoms with Crippen LogP contribution < -0.4 is 10.1 Å². The first kappa shape index (κ1) is 16.5. The van der Waals surface area contributed by atoms with Crippen molar-refractivity contribution in [3.8, 4) is 5.75 Å². The number of hydrogen-bond acceptors (Lipinski definition) is 4. The van der Waals surface area contributed by atoms with E-state index in [-0.39, 0.29) is 11.9 Å². The van der Waals surface area contributed by atoms with Crippen LogP contribution in [0.3, 0.4) is 0 Å². The van der Waals surface area contributed by atoms with Crippen molar-refractivity contribution < 1.29 is 9.53 Å². The molecule has 2 aromatic rings. The molecule has 24 heavy (non-hydrogen) atoms. The second-order valence-corrected chi connectivity index (χ2v) is 6.13. The number of piperidine rings is 1. The zero-order valence-corrected chi connectivity index (χ0v) is 14.0. The van der Waals surface area contributed by atoms with Gasteiger partial charge >= 0.3 is 0 Å². The SMILES string of the molecule is Cn1ccc(C(=O)NC2CCN(CCOc3ccccc3)CC2)n1. The van der Waals surface area contributed by atoms with E-state index in [1.807, 2.05) is 37.4 Å². The third-order valence-electron chi connectivity index (χ3n) is 4.29. The summed E-state index contributed by atoms with van der Waals surface area (Å²) >= 11 is 0. The lowest BCUT2D eigenvalue weighted by atomic mass is 10.0. The number of hydrogen-bond donors (Lipinski definition) is 1. The summed E-state index contributed by atoms with van der Waals surface area (Å²) in [5, 5.41) is 7.22. The molecule has 1 aliphatic rings. The molecule has 6 nitrogen and oxygen atoms in total. The van der Waals surface area contributed by atoms with Gasteiger partial charge in [0, 0.05) is 38.9 Å². The Morgan fingerprint density at radius 1 is 1.25 bits per heavy atom. The summed E-state index contributed by atoms with van der Waals surface area (Å²) in [6.45, 7) is 3.56. The highest BCUT2D eigenvalue weighted by molar-refractivity contribution is 5.92. The van der Waals surface area contributed by atoms with Crippen LogP contribution in [0.4, 0.5) is 0 Å². The molecule has 1 aromatic heterocycles. The van der Waals surface area contributed by atoms with Crippen molar-refractivity contribution in [1.29, 1.82) is 0 Å². The van der Waals surface area contributed by atoms with Crippen molar-refractivity contribution in [2.75, 3.05) is 26.2 Å². The minimum absolute atomic E-state index is 0.0820. The van der Waals surface area contributed by atoms with E-state index < -0.39 is 0 Å². The maximum Gasteiger partial charge on any atom is 0.271 e. The predicted octanol–water partition coefficient (Wildman–Crippen LogP) is 1.69. The van der Waals surface area contributed by atoms with Gasteiger partial charge in [-0.1, -0.05) is 18.2 Å². The van der Waals surface area contributed by atoms with Gasteiger partial charge in [0.15, 0.2) is 0 Å². The number of nitrogens with zero attached hydrogens (tertiary/aromatic N) is 3. The van der Waals surface area contributed by atoms with Gasteiger partial charge in [-0.25, -0.2) is 0 Å². The average Bonchev–Trinajstić information content (AvgIpc) is 3.04. The summed E-state index contributed by atoms with van der Waals surface area (Å²) in [7, 11) is 1.81. The fraction of sp³-hybridized carbons (Fsp3) is 0.444. The van der Waals surface area contributed by atoms with Gasteiger partial charge < -0.3 is 10.1 Å². The second kappa shape index (κ2) is 7.97. The number of carbonyl (C=O) groups is 1. The number of para-hydroxylation sites is 1. The Labute approximate surface area is 142 Å². The molecule has 6 heteroatoms. The number of carbonyl (C=O) groups excluding carboxylic acids is 1. The number of rotatable bonds is 6. The van der Waals surface area contributed by atoms with Crippen LogP contribution in [-0.2, 0) is 7.05 Å². The number of amides is 1. The Hall–Kier alpha value is -2.34. The fourth-order valence-corrected chi connectivity index (χ4v) is 2.91. The smallest absolute Gasteiger partial charge is 0.271 e. The Balaban J connectivity index is 1.36. The normalized spacial score (nSPS) is 16.0. The predicted molar refractivity (Wildman–Crippen MR) is 92.1 cm³/mol. The molecule has 0 bridgehead atoms. The van der Waals surface area contributed by atoms with Crippen molar-refractivity contribution in [3.63, 3.8) is 0 Å². The quantitative estimate of drug-likeness (QED) is 0.877. The Morgan fingerprint density at radius 3 is 2.67 bits per heavy atom. The molecule has 1 fully saturated rings. The maximum atomic E-state index is 12.1. The molecule has 128 valence electrons. The second-order valence-electron chi connectivity index (χ2n) is 6.13. The van der Waals surface area contributed by atoms with Crippen LogP contribution in [0.15, 0.2) is 42.6 Å². The molecule has 1 aromatic carbocycles. The molecule has 1 amide bonds. The summed E-state index contributed by atoms with van der Waals surface area (Å²) in [6.07, 6.45) is 3.71. The number of likely N-dealkylation sites (tertiary alicyclic amines) is 1. The van der Waals surface area contributed by atoms with Gasteiger partial charge in [-0.2, -0.15) is 5.10 Å². The molecule has 0 unspecified atom stereocenters. The van der Waals surface area contributed by atoms with Crippen LogP contribution in [0.5, 0.6) is 5.75 Å². The third-order valence-corrected chi connectivity index (χ3v) is 4.29. The number of ether oxygens (including phenoxy) is 1. The van der Waals surface area contributed by atoms with Crippen LogP contribution in [0.2, 0.25) is 0 Å². The van der Waals surface area contributed by atoms with Gasteiger partial charge in [-0.05, 0) is 31.0 Å². The van der Waals surface area contributed by atoms with E-state index in [2.05, 4.69) is 15.3 Å². The van der Waals surface area contributed by atoms with E-state index in [9.17, 15) is 4.79 Å². The zero-order chi connectivity index (χ0) is 16.8. The van der Waals surface area contributed by atoms with Gasteiger partial charge in [-0.3, -0.25) is 14.4 Å². The summed E-state index contributed by atoms with van der Waals surface area (Å²) in [5.74, 6) is 0.830. The largest absolute Gasteiger partial charge is 0.492 e. The van der Waals surface area contributed by atoms with Gasteiger partial charge in [0.1, 0.15) is 18.1 Å². The highest BCUT2D eigenvalue weighted by Crippen LogP contribution is 2.12. The van der Waals surface area contributed by atoms with Gasteiger partial charge in [0.25, 0.3) is 5.91 Å². The van der Waals surface area contributed by atoms with E-state index in [1.165, 1.54) is 0 Å². The zero-order valence-electron chi connectivity index (χ0n) is 14.0. The van der Waals surface area contributed by atoms with Gasteiger partial charge in [-0.15, -0.1) is 0 Å². The van der Waals surface area contributed by atoms with Crippen molar-refractivity contribution in [3.05, 3.63) is 48.3 Å². The number of aromatic nitrogens is 2. The van der Waals surface area contributed by atoms with Crippen LogP contribution in [0.1, 0.15) is 23.3 Å². The Morgan fingerprint density at radius 2 is 2.00 bits per heavy atom.